The Morgan fingerprint density at radius 3 is 0.875 bits per heavy atom. The van der Waals surface area contributed by atoms with Crippen molar-refractivity contribution in [3.63, 3.8) is 0 Å². The molecule has 0 aliphatic heterocycles. The minimum absolute atomic E-state index is 0. The van der Waals surface area contributed by atoms with Crippen LogP contribution in [0.15, 0.2) is 0 Å². The van der Waals surface area contributed by atoms with E-state index in [0.29, 0.717) is 47.3 Å². The third-order valence-electron chi connectivity index (χ3n) is 0.884. The van der Waals surface area contributed by atoms with Crippen molar-refractivity contribution in [1.29, 1.82) is 0 Å². The molecule has 0 aliphatic rings. The molecule has 0 heterocycles. The van der Waals surface area contributed by atoms with Crippen molar-refractivity contribution in [1.82, 2.24) is 0 Å². The van der Waals surface area contributed by atoms with Crippen LogP contribution in [-0.2, 0) is 22.4 Å². The molecular weight excluding hydrogens is 552 g/mol. The zero-order valence-corrected chi connectivity index (χ0v) is 21.3. The van der Waals surface area contributed by atoms with Crippen molar-refractivity contribution in [2.75, 3.05) is 0 Å². The molecule has 0 saturated carbocycles. The van der Waals surface area contributed by atoms with Crippen LogP contribution in [0.3, 0.4) is 0 Å². The number of hydrogen-bond acceptors (Lipinski definition) is 0. The van der Waals surface area contributed by atoms with Crippen molar-refractivity contribution >= 4 is 47.3 Å². The Hall–Kier alpha value is 2.38. The number of hydrogen-bond donors (Lipinski definition) is 0. The summed E-state index contributed by atoms with van der Waals surface area (Å²) in [5.41, 5.74) is 20.3. The van der Waals surface area contributed by atoms with E-state index in [0.717, 1.165) is 6.42 Å². The van der Waals surface area contributed by atoms with Crippen molar-refractivity contribution in [2.24, 2.45) is 0 Å². The van der Waals surface area contributed by atoms with Gasteiger partial charge in [-0.2, -0.15) is 0 Å². The molecule has 0 atom stereocenters. The molecule has 100 valence electrons. The second-order valence-electron chi connectivity index (χ2n) is 3.58. The Morgan fingerprint density at radius 1 is 0.812 bits per heavy atom. The molecule has 1 nitrogen and oxygen atoms in total. The third-order valence-corrected chi connectivity index (χ3v) is 0.884. The van der Waals surface area contributed by atoms with Gasteiger partial charge in [0.05, 0.1) is 0 Å². The van der Waals surface area contributed by atoms with Crippen LogP contribution >= 0.6 is 0 Å². The Balaban J connectivity index is -0.0000000353. The molecule has 1 N–H and O–H groups in total. The Bertz CT molecular complexity index is 73.4. The number of nitrogens with one attached hydrogen (secondary N) is 1. The maximum Gasteiger partial charge on any atom is 0 e. The molecular formula is C11H30As3NTa-. The van der Waals surface area contributed by atoms with E-state index in [4.69, 9.17) is 5.73 Å². The average molecular weight is 582 g/mol. The SMILES string of the molecule is CCC(C)(C)[NH-].C[As]C.C[As]C.C[As]C.[Ta]. The molecule has 0 bridgehead atoms. The first-order chi connectivity index (χ1) is 6.80. The summed E-state index contributed by atoms with van der Waals surface area (Å²) in [7, 11) is 0. The van der Waals surface area contributed by atoms with E-state index in [1.807, 2.05) is 20.8 Å². The van der Waals surface area contributed by atoms with Gasteiger partial charge < -0.3 is 5.73 Å². The van der Waals surface area contributed by atoms with Crippen LogP contribution in [0.2, 0.25) is 34.3 Å². The maximum absolute atomic E-state index is 7.18. The molecule has 0 fully saturated rings. The molecule has 4 radical (unpaired) electrons. The predicted molar refractivity (Wildman–Crippen MR) is 81.1 cm³/mol. The van der Waals surface area contributed by atoms with Crippen LogP contribution in [-0.4, -0.2) is 52.8 Å². The summed E-state index contributed by atoms with van der Waals surface area (Å²) in [6, 6.07) is 0. The molecule has 16 heavy (non-hydrogen) atoms. The van der Waals surface area contributed by atoms with Crippen LogP contribution in [0, 0.1) is 0 Å². The molecule has 0 spiro atoms. The molecule has 0 amide bonds. The maximum atomic E-state index is 7.18. The largest absolute Gasteiger partial charge is 0 e. The van der Waals surface area contributed by atoms with Crippen LogP contribution in [0.25, 0.3) is 5.73 Å². The molecule has 0 aromatic carbocycles. The smallest absolute Gasteiger partial charge is 0 e. The van der Waals surface area contributed by atoms with Crippen LogP contribution in [0.4, 0.5) is 0 Å². The van der Waals surface area contributed by atoms with Gasteiger partial charge in [-0.05, 0) is 0 Å². The fourth-order valence-corrected chi connectivity index (χ4v) is 0. The number of rotatable bonds is 1. The van der Waals surface area contributed by atoms with Crippen molar-refractivity contribution < 1.29 is 22.4 Å². The van der Waals surface area contributed by atoms with Gasteiger partial charge >= 0.3 is 81.5 Å². The molecule has 0 aromatic heterocycles. The standard InChI is InChI=1S/C5H12N.3C2H6As.Ta/c1-4-5(2,3)6;3*1-3-2;/h6H,4H2,1-3H3;3*1-2H3;/q-1;;;;. The van der Waals surface area contributed by atoms with Gasteiger partial charge in [-0.3, -0.25) is 0 Å². The summed E-state index contributed by atoms with van der Waals surface area (Å²) in [5.74, 6) is 0. The Kier molecular flexibility index (Phi) is 59.0. The molecule has 0 aliphatic carbocycles. The normalized spacial score (nSPS) is 7.88. The van der Waals surface area contributed by atoms with Crippen LogP contribution < -0.4 is 0 Å². The van der Waals surface area contributed by atoms with Gasteiger partial charge in [0, 0.05) is 22.4 Å². The van der Waals surface area contributed by atoms with Gasteiger partial charge in [0.2, 0.25) is 0 Å². The van der Waals surface area contributed by atoms with Gasteiger partial charge in [-0.15, -0.1) is 5.54 Å². The molecule has 0 rings (SSSR count). The first-order valence-corrected chi connectivity index (χ1v) is 16.3. The van der Waals surface area contributed by atoms with Crippen LogP contribution in [0.5, 0.6) is 0 Å². The van der Waals surface area contributed by atoms with Crippen molar-refractivity contribution in [3.8, 4) is 0 Å². The average Bonchev–Trinajstić information content (AvgIpc) is 2.07. The second kappa shape index (κ2) is 30.4. The van der Waals surface area contributed by atoms with E-state index in [1.54, 1.807) is 0 Å². The zero-order chi connectivity index (χ0) is 13.3. The first kappa shape index (κ1) is 31.0. The third kappa shape index (κ3) is 134. The minimum atomic E-state index is -0.208. The van der Waals surface area contributed by atoms with E-state index in [1.165, 1.54) is 0 Å². The van der Waals surface area contributed by atoms with E-state index in [2.05, 4.69) is 34.3 Å². The minimum Gasteiger partial charge on any atom is 0 e. The molecule has 0 unspecified atom stereocenters. The van der Waals surface area contributed by atoms with E-state index in [-0.39, 0.29) is 27.9 Å². The van der Waals surface area contributed by atoms with E-state index >= 15 is 0 Å². The summed E-state index contributed by atoms with van der Waals surface area (Å²) < 4.78 is 0. The fourth-order valence-electron chi connectivity index (χ4n) is 0. The topological polar surface area (TPSA) is 23.8 Å². The quantitative estimate of drug-likeness (QED) is 0.405. The Morgan fingerprint density at radius 2 is 0.875 bits per heavy atom. The summed E-state index contributed by atoms with van der Waals surface area (Å²) in [5, 5.41) is 0. The summed E-state index contributed by atoms with van der Waals surface area (Å²) >= 11 is 2.06. The Labute approximate surface area is 141 Å². The second-order valence-corrected chi connectivity index (χ2v) is 9.21. The summed E-state index contributed by atoms with van der Waals surface area (Å²) in [4.78, 5) is 0. The summed E-state index contributed by atoms with van der Waals surface area (Å²) in [6.07, 6.45) is 0.938. The van der Waals surface area contributed by atoms with Gasteiger partial charge in [-0.25, -0.2) is 0 Å². The van der Waals surface area contributed by atoms with E-state index < -0.39 is 0 Å². The zero-order valence-electron chi connectivity index (χ0n) is 12.5. The fraction of sp³-hybridized carbons (Fsp3) is 1.00. The molecule has 5 heteroatoms. The molecule has 0 aromatic rings. The van der Waals surface area contributed by atoms with Gasteiger partial charge in [0.1, 0.15) is 0 Å². The molecule has 0 saturated heterocycles. The van der Waals surface area contributed by atoms with Crippen molar-refractivity contribution in [2.45, 2.75) is 67.0 Å². The van der Waals surface area contributed by atoms with Gasteiger partial charge in [-0.1, -0.05) is 27.2 Å². The predicted octanol–water partition coefficient (Wildman–Crippen LogP) is 4.59. The van der Waals surface area contributed by atoms with Gasteiger partial charge in [0.25, 0.3) is 0 Å². The van der Waals surface area contributed by atoms with Crippen LogP contribution in [0.1, 0.15) is 27.2 Å². The summed E-state index contributed by atoms with van der Waals surface area (Å²) in [6.45, 7) is 5.84. The van der Waals surface area contributed by atoms with E-state index in [9.17, 15) is 0 Å². The van der Waals surface area contributed by atoms with Crippen molar-refractivity contribution in [3.05, 3.63) is 5.73 Å². The van der Waals surface area contributed by atoms with Gasteiger partial charge in [0.15, 0.2) is 0 Å². The first-order valence-electron chi connectivity index (χ1n) is 4.99. The monoisotopic (exact) mass is 582 g/mol.